The molecule has 1 aliphatic carbocycles. The first-order valence-corrected chi connectivity index (χ1v) is 6.70. The molecule has 0 radical (unpaired) electrons. The molecule has 0 spiro atoms. The van der Waals surface area contributed by atoms with E-state index in [1.165, 1.54) is 18.4 Å². The molecule has 0 aromatic heterocycles. The van der Waals surface area contributed by atoms with Gasteiger partial charge in [0.2, 0.25) is 0 Å². The van der Waals surface area contributed by atoms with Gasteiger partial charge < -0.3 is 10.2 Å². The van der Waals surface area contributed by atoms with Crippen molar-refractivity contribution in [1.29, 1.82) is 0 Å². The van der Waals surface area contributed by atoms with Crippen LogP contribution in [-0.4, -0.2) is 31.1 Å². The Bertz CT molecular complexity index is 374. The fourth-order valence-electron chi connectivity index (χ4n) is 1.95. The van der Waals surface area contributed by atoms with Gasteiger partial charge in [-0.15, -0.1) is 0 Å². The summed E-state index contributed by atoms with van der Waals surface area (Å²) in [6.07, 6.45) is 2.71. The Morgan fingerprint density at radius 3 is 2.88 bits per heavy atom. The molecule has 2 nitrogen and oxygen atoms in total. The molecule has 0 atom stereocenters. The number of nitrogens with zero attached hydrogens (tertiary/aromatic N) is 1. The lowest BCUT2D eigenvalue weighted by atomic mass is 10.1. The van der Waals surface area contributed by atoms with E-state index in [0.717, 1.165) is 36.3 Å². The lowest BCUT2D eigenvalue weighted by Gasteiger charge is -2.18. The molecule has 1 fully saturated rings. The molecule has 0 heterocycles. The number of hydrogen-bond donors (Lipinski definition) is 1. The number of hydrogen-bond acceptors (Lipinski definition) is 2. The Balaban J connectivity index is 1.79. The van der Waals surface area contributed by atoms with Gasteiger partial charge in [0.15, 0.2) is 0 Å². The van der Waals surface area contributed by atoms with Crippen molar-refractivity contribution in [1.82, 2.24) is 10.2 Å². The second kappa shape index (κ2) is 5.85. The molecule has 1 N–H and O–H groups in total. The van der Waals surface area contributed by atoms with Crippen molar-refractivity contribution in [2.45, 2.75) is 32.4 Å². The molecule has 94 valence electrons. The molecule has 1 aliphatic rings. The first-order chi connectivity index (χ1) is 8.16. The normalized spacial score (nSPS) is 15.5. The number of halogens is 1. The number of nitrogens with one attached hydrogen (secondary N) is 1. The van der Waals surface area contributed by atoms with Gasteiger partial charge in [0.25, 0.3) is 0 Å². The van der Waals surface area contributed by atoms with Crippen LogP contribution in [0.15, 0.2) is 18.2 Å². The van der Waals surface area contributed by atoms with Gasteiger partial charge in [-0.1, -0.05) is 29.8 Å². The third-order valence-electron chi connectivity index (χ3n) is 3.22. The summed E-state index contributed by atoms with van der Waals surface area (Å²) < 4.78 is 0. The Kier molecular flexibility index (Phi) is 4.43. The summed E-state index contributed by atoms with van der Waals surface area (Å²) in [6, 6.07) is 7.04. The van der Waals surface area contributed by atoms with Crippen LogP contribution < -0.4 is 5.32 Å². The molecule has 1 aromatic rings. The molecular weight excluding hydrogens is 232 g/mol. The summed E-state index contributed by atoms with van der Waals surface area (Å²) in [5.74, 6) is 0. The second-order valence-corrected chi connectivity index (χ2v) is 5.39. The van der Waals surface area contributed by atoms with Gasteiger partial charge >= 0.3 is 0 Å². The van der Waals surface area contributed by atoms with Crippen molar-refractivity contribution in [3.8, 4) is 0 Å². The van der Waals surface area contributed by atoms with Crippen LogP contribution >= 0.6 is 11.6 Å². The van der Waals surface area contributed by atoms with Crippen LogP contribution in [0, 0.1) is 6.92 Å². The Hall–Kier alpha value is -0.570. The summed E-state index contributed by atoms with van der Waals surface area (Å²) >= 11 is 6.29. The van der Waals surface area contributed by atoms with Crippen LogP contribution in [0.2, 0.25) is 5.02 Å². The smallest absolute Gasteiger partial charge is 0.0480 e. The maximum absolute atomic E-state index is 6.29. The van der Waals surface area contributed by atoms with Crippen LogP contribution in [0.4, 0.5) is 0 Å². The first kappa shape index (κ1) is 12.9. The summed E-state index contributed by atoms with van der Waals surface area (Å²) in [7, 11) is 2.15. The number of aryl methyl sites for hydroxylation is 1. The standard InChI is InChI=1S/C14H21ClN2/c1-11-4-3-5-12(14(11)15)10-17(2)9-8-16-13-6-7-13/h3-5,13,16H,6-10H2,1-2H3. The van der Waals surface area contributed by atoms with Gasteiger partial charge in [0.05, 0.1) is 0 Å². The predicted molar refractivity (Wildman–Crippen MR) is 73.5 cm³/mol. The zero-order valence-corrected chi connectivity index (χ0v) is 11.4. The van der Waals surface area contributed by atoms with Gasteiger partial charge in [-0.05, 0) is 37.9 Å². The van der Waals surface area contributed by atoms with Crippen LogP contribution in [0.5, 0.6) is 0 Å². The second-order valence-electron chi connectivity index (χ2n) is 5.01. The zero-order chi connectivity index (χ0) is 12.3. The Morgan fingerprint density at radius 2 is 2.18 bits per heavy atom. The number of rotatable bonds is 6. The van der Waals surface area contributed by atoms with Crippen molar-refractivity contribution in [2.24, 2.45) is 0 Å². The molecule has 0 aliphatic heterocycles. The third-order valence-corrected chi connectivity index (χ3v) is 3.76. The molecule has 0 bridgehead atoms. The lowest BCUT2D eigenvalue weighted by Crippen LogP contribution is -2.30. The van der Waals surface area contributed by atoms with Crippen LogP contribution in [-0.2, 0) is 6.54 Å². The maximum Gasteiger partial charge on any atom is 0.0480 e. The summed E-state index contributed by atoms with van der Waals surface area (Å²) in [5, 5.41) is 4.44. The number of likely N-dealkylation sites (N-methyl/N-ethyl adjacent to an activating group) is 1. The molecule has 3 heteroatoms. The highest BCUT2D eigenvalue weighted by Crippen LogP contribution is 2.21. The molecule has 1 aromatic carbocycles. The molecule has 17 heavy (non-hydrogen) atoms. The highest BCUT2D eigenvalue weighted by atomic mass is 35.5. The summed E-state index contributed by atoms with van der Waals surface area (Å²) in [5.41, 5.74) is 2.38. The van der Waals surface area contributed by atoms with Crippen LogP contribution in [0.1, 0.15) is 24.0 Å². The van der Waals surface area contributed by atoms with Crippen molar-refractivity contribution >= 4 is 11.6 Å². The number of benzene rings is 1. The molecule has 2 rings (SSSR count). The monoisotopic (exact) mass is 252 g/mol. The zero-order valence-electron chi connectivity index (χ0n) is 10.7. The lowest BCUT2D eigenvalue weighted by molar-refractivity contribution is 0.324. The van der Waals surface area contributed by atoms with Crippen molar-refractivity contribution in [2.75, 3.05) is 20.1 Å². The van der Waals surface area contributed by atoms with E-state index in [0.29, 0.717) is 0 Å². The van der Waals surface area contributed by atoms with E-state index in [-0.39, 0.29) is 0 Å². The van der Waals surface area contributed by atoms with Gasteiger partial charge in [0.1, 0.15) is 0 Å². The van der Waals surface area contributed by atoms with E-state index in [1.807, 2.05) is 0 Å². The van der Waals surface area contributed by atoms with E-state index in [9.17, 15) is 0 Å². The minimum Gasteiger partial charge on any atom is -0.313 e. The van der Waals surface area contributed by atoms with Crippen molar-refractivity contribution in [3.63, 3.8) is 0 Å². The Labute approximate surface area is 109 Å². The van der Waals surface area contributed by atoms with Crippen LogP contribution in [0.25, 0.3) is 0 Å². The van der Waals surface area contributed by atoms with Crippen LogP contribution in [0.3, 0.4) is 0 Å². The molecule has 0 saturated heterocycles. The average molecular weight is 253 g/mol. The predicted octanol–water partition coefficient (Wildman–Crippen LogP) is 2.83. The largest absolute Gasteiger partial charge is 0.313 e. The quantitative estimate of drug-likeness (QED) is 0.838. The molecule has 0 amide bonds. The van der Waals surface area contributed by atoms with Crippen molar-refractivity contribution in [3.05, 3.63) is 34.3 Å². The molecule has 0 unspecified atom stereocenters. The van der Waals surface area contributed by atoms with E-state index in [2.05, 4.69) is 42.4 Å². The van der Waals surface area contributed by atoms with Gasteiger partial charge in [-0.3, -0.25) is 0 Å². The first-order valence-electron chi connectivity index (χ1n) is 6.32. The van der Waals surface area contributed by atoms with Gasteiger partial charge in [-0.25, -0.2) is 0 Å². The summed E-state index contributed by atoms with van der Waals surface area (Å²) in [4.78, 5) is 2.32. The Morgan fingerprint density at radius 1 is 1.41 bits per heavy atom. The average Bonchev–Trinajstić information content (AvgIpc) is 3.09. The minimum absolute atomic E-state index is 0.797. The summed E-state index contributed by atoms with van der Waals surface area (Å²) in [6.45, 7) is 5.12. The van der Waals surface area contributed by atoms with Crippen molar-refractivity contribution < 1.29 is 0 Å². The third kappa shape index (κ3) is 3.98. The molecule has 1 saturated carbocycles. The highest BCUT2D eigenvalue weighted by molar-refractivity contribution is 6.32. The van der Waals surface area contributed by atoms with E-state index >= 15 is 0 Å². The fraction of sp³-hybridized carbons (Fsp3) is 0.571. The SMILES string of the molecule is Cc1cccc(CN(C)CCNC2CC2)c1Cl. The van der Waals surface area contributed by atoms with E-state index in [1.54, 1.807) is 0 Å². The van der Waals surface area contributed by atoms with E-state index < -0.39 is 0 Å². The van der Waals surface area contributed by atoms with Gasteiger partial charge in [0, 0.05) is 30.7 Å². The minimum atomic E-state index is 0.797. The molecular formula is C14H21ClN2. The highest BCUT2D eigenvalue weighted by Gasteiger charge is 2.19. The topological polar surface area (TPSA) is 15.3 Å². The van der Waals surface area contributed by atoms with E-state index in [4.69, 9.17) is 11.6 Å². The fourth-order valence-corrected chi connectivity index (χ4v) is 2.13. The maximum atomic E-state index is 6.29. The van der Waals surface area contributed by atoms with Gasteiger partial charge in [-0.2, -0.15) is 0 Å².